The van der Waals surface area contributed by atoms with E-state index in [4.69, 9.17) is 11.6 Å². The molecule has 0 aliphatic heterocycles. The van der Waals surface area contributed by atoms with Crippen molar-refractivity contribution in [2.45, 2.75) is 20.8 Å². The number of fused-ring (bicyclic) bond motifs is 1. The fourth-order valence-corrected chi connectivity index (χ4v) is 2.18. The number of rotatable bonds is 1. The number of aromatic nitrogens is 5. The van der Waals surface area contributed by atoms with Gasteiger partial charge in [-0.3, -0.25) is 4.98 Å². The minimum absolute atomic E-state index is 0.469. The molecule has 0 saturated heterocycles. The Balaban J connectivity index is 2.32. The Labute approximate surface area is 115 Å². The summed E-state index contributed by atoms with van der Waals surface area (Å²) >= 11 is 6.14. The van der Waals surface area contributed by atoms with Crippen LogP contribution < -0.4 is 0 Å². The van der Waals surface area contributed by atoms with E-state index in [-0.39, 0.29) is 0 Å². The van der Waals surface area contributed by atoms with Crippen LogP contribution >= 0.6 is 11.6 Å². The lowest BCUT2D eigenvalue weighted by Gasteiger charge is -2.05. The van der Waals surface area contributed by atoms with Crippen LogP contribution in [0.15, 0.2) is 18.3 Å². The maximum atomic E-state index is 6.14. The predicted molar refractivity (Wildman–Crippen MR) is 73.2 cm³/mol. The van der Waals surface area contributed by atoms with Crippen molar-refractivity contribution in [1.82, 2.24) is 24.8 Å². The summed E-state index contributed by atoms with van der Waals surface area (Å²) in [6.45, 7) is 5.83. The molecule has 0 amide bonds. The van der Waals surface area contributed by atoms with E-state index >= 15 is 0 Å². The Bertz CT molecular complexity index is 778. The first kappa shape index (κ1) is 12.0. The monoisotopic (exact) mass is 273 g/mol. The molecule has 0 fully saturated rings. The molecule has 0 atom stereocenters. The van der Waals surface area contributed by atoms with Gasteiger partial charge in [-0.1, -0.05) is 11.6 Å². The Kier molecular flexibility index (Phi) is 2.71. The average Bonchev–Trinajstić information content (AvgIpc) is 2.80. The summed E-state index contributed by atoms with van der Waals surface area (Å²) in [5.74, 6) is 0.672. The molecule has 0 unspecified atom stereocenters. The maximum Gasteiger partial charge on any atom is 0.185 e. The van der Waals surface area contributed by atoms with Gasteiger partial charge in [-0.25, -0.2) is 0 Å². The van der Waals surface area contributed by atoms with Gasteiger partial charge in [0.2, 0.25) is 0 Å². The first-order chi connectivity index (χ1) is 9.08. The van der Waals surface area contributed by atoms with Crippen molar-refractivity contribution in [1.29, 1.82) is 0 Å². The minimum atomic E-state index is 0.469. The molecule has 0 aliphatic rings. The number of nitrogens with zero attached hydrogens (tertiary/aromatic N) is 5. The summed E-state index contributed by atoms with van der Waals surface area (Å²) in [5, 5.41) is 13.2. The number of hydrogen-bond donors (Lipinski definition) is 0. The standard InChI is InChI=1S/C13H12ClN5/c1-7-6-10(4-5-15-7)13-17-16-12-9(3)8(2)11(14)18-19(12)13/h4-6H,1-3H3. The molecule has 0 N–H and O–H groups in total. The molecule has 3 rings (SSSR count). The molecule has 3 aromatic rings. The molecular formula is C13H12ClN5. The smallest absolute Gasteiger partial charge is 0.185 e. The molecule has 0 radical (unpaired) electrons. The Morgan fingerprint density at radius 1 is 1.11 bits per heavy atom. The molecule has 96 valence electrons. The van der Waals surface area contributed by atoms with Gasteiger partial charge >= 0.3 is 0 Å². The van der Waals surface area contributed by atoms with Crippen LogP contribution in [0.4, 0.5) is 0 Å². The third kappa shape index (κ3) is 1.86. The topological polar surface area (TPSA) is 56.0 Å². The van der Waals surface area contributed by atoms with Crippen LogP contribution in [-0.4, -0.2) is 24.8 Å². The van der Waals surface area contributed by atoms with Gasteiger partial charge < -0.3 is 0 Å². The highest BCUT2D eigenvalue weighted by Gasteiger charge is 2.14. The van der Waals surface area contributed by atoms with Gasteiger partial charge in [0, 0.05) is 23.0 Å². The molecule has 19 heavy (non-hydrogen) atoms. The number of aryl methyl sites for hydroxylation is 2. The summed E-state index contributed by atoms with van der Waals surface area (Å²) < 4.78 is 1.68. The molecule has 6 heteroatoms. The highest BCUT2D eigenvalue weighted by atomic mass is 35.5. The van der Waals surface area contributed by atoms with Crippen molar-refractivity contribution < 1.29 is 0 Å². The fraction of sp³-hybridized carbons (Fsp3) is 0.231. The zero-order chi connectivity index (χ0) is 13.6. The van der Waals surface area contributed by atoms with E-state index in [2.05, 4.69) is 20.3 Å². The predicted octanol–water partition coefficient (Wildman–Crippen LogP) is 2.76. The molecule has 0 saturated carbocycles. The van der Waals surface area contributed by atoms with Gasteiger partial charge in [0.15, 0.2) is 16.6 Å². The highest BCUT2D eigenvalue weighted by Crippen LogP contribution is 2.23. The zero-order valence-electron chi connectivity index (χ0n) is 10.8. The van der Waals surface area contributed by atoms with Crippen LogP contribution in [0, 0.1) is 20.8 Å². The summed E-state index contributed by atoms with van der Waals surface area (Å²) in [4.78, 5) is 4.18. The van der Waals surface area contributed by atoms with E-state index in [1.807, 2.05) is 32.9 Å². The van der Waals surface area contributed by atoms with Crippen molar-refractivity contribution in [3.8, 4) is 11.4 Å². The second kappa shape index (κ2) is 4.28. The summed E-state index contributed by atoms with van der Waals surface area (Å²) in [7, 11) is 0. The quantitative estimate of drug-likeness (QED) is 0.684. The molecular weight excluding hydrogens is 262 g/mol. The normalized spacial score (nSPS) is 11.2. The van der Waals surface area contributed by atoms with Gasteiger partial charge in [-0.15, -0.1) is 10.2 Å². The first-order valence-electron chi connectivity index (χ1n) is 5.89. The van der Waals surface area contributed by atoms with Crippen LogP contribution in [0.25, 0.3) is 17.0 Å². The van der Waals surface area contributed by atoms with Crippen molar-refractivity contribution in [3.63, 3.8) is 0 Å². The van der Waals surface area contributed by atoms with E-state index in [0.717, 1.165) is 28.0 Å². The van der Waals surface area contributed by atoms with E-state index in [1.54, 1.807) is 10.7 Å². The second-order valence-corrected chi connectivity index (χ2v) is 4.84. The molecule has 0 spiro atoms. The van der Waals surface area contributed by atoms with Gasteiger partial charge in [0.05, 0.1) is 0 Å². The average molecular weight is 274 g/mol. The molecule has 0 aromatic carbocycles. The lowest BCUT2D eigenvalue weighted by atomic mass is 10.2. The first-order valence-corrected chi connectivity index (χ1v) is 6.27. The zero-order valence-corrected chi connectivity index (χ0v) is 11.6. The second-order valence-electron chi connectivity index (χ2n) is 4.49. The summed E-state index contributed by atoms with van der Waals surface area (Å²) in [5.41, 5.74) is 4.49. The van der Waals surface area contributed by atoms with Gasteiger partial charge in [-0.2, -0.15) is 9.61 Å². The number of hydrogen-bond acceptors (Lipinski definition) is 4. The van der Waals surface area contributed by atoms with E-state index in [1.165, 1.54) is 0 Å². The van der Waals surface area contributed by atoms with Crippen LogP contribution in [0.1, 0.15) is 16.8 Å². The van der Waals surface area contributed by atoms with Crippen molar-refractivity contribution in [3.05, 3.63) is 40.3 Å². The number of halogens is 1. The maximum absolute atomic E-state index is 6.14. The van der Waals surface area contributed by atoms with Gasteiger partial charge in [-0.05, 0) is 38.5 Å². The Hall–Kier alpha value is -2.01. The van der Waals surface area contributed by atoms with Crippen molar-refractivity contribution >= 4 is 17.2 Å². The third-order valence-electron chi connectivity index (χ3n) is 3.19. The molecule has 0 bridgehead atoms. The highest BCUT2D eigenvalue weighted by molar-refractivity contribution is 6.30. The Morgan fingerprint density at radius 2 is 1.89 bits per heavy atom. The van der Waals surface area contributed by atoms with E-state index < -0.39 is 0 Å². The largest absolute Gasteiger partial charge is 0.262 e. The fourth-order valence-electron chi connectivity index (χ4n) is 1.96. The summed E-state index contributed by atoms with van der Waals surface area (Å²) in [6.07, 6.45) is 1.74. The summed E-state index contributed by atoms with van der Waals surface area (Å²) in [6, 6.07) is 3.83. The SMILES string of the molecule is Cc1cc(-c2nnc3c(C)c(C)c(Cl)nn23)ccn1. The van der Waals surface area contributed by atoms with Crippen LogP contribution in [-0.2, 0) is 0 Å². The van der Waals surface area contributed by atoms with Crippen LogP contribution in [0.2, 0.25) is 5.15 Å². The third-order valence-corrected chi connectivity index (χ3v) is 3.55. The molecule has 3 aromatic heterocycles. The van der Waals surface area contributed by atoms with E-state index in [9.17, 15) is 0 Å². The molecule has 5 nitrogen and oxygen atoms in total. The van der Waals surface area contributed by atoms with Crippen LogP contribution in [0.3, 0.4) is 0 Å². The van der Waals surface area contributed by atoms with Gasteiger partial charge in [0.1, 0.15) is 0 Å². The number of pyridine rings is 1. The molecule has 0 aliphatic carbocycles. The van der Waals surface area contributed by atoms with E-state index in [0.29, 0.717) is 11.0 Å². The molecule has 3 heterocycles. The lowest BCUT2D eigenvalue weighted by molar-refractivity contribution is 0.918. The lowest BCUT2D eigenvalue weighted by Crippen LogP contribution is -2.00. The Morgan fingerprint density at radius 3 is 2.63 bits per heavy atom. The van der Waals surface area contributed by atoms with Crippen molar-refractivity contribution in [2.24, 2.45) is 0 Å². The van der Waals surface area contributed by atoms with Crippen molar-refractivity contribution in [2.75, 3.05) is 0 Å². The minimum Gasteiger partial charge on any atom is -0.262 e. The van der Waals surface area contributed by atoms with Gasteiger partial charge in [0.25, 0.3) is 0 Å². The van der Waals surface area contributed by atoms with Crippen LogP contribution in [0.5, 0.6) is 0 Å².